The van der Waals surface area contributed by atoms with Crippen LogP contribution in [-0.2, 0) is 0 Å². The lowest BCUT2D eigenvalue weighted by molar-refractivity contribution is 0.0689. The van der Waals surface area contributed by atoms with Gasteiger partial charge in [-0.05, 0) is 47.3 Å². The summed E-state index contributed by atoms with van der Waals surface area (Å²) in [7, 11) is 0. The van der Waals surface area contributed by atoms with Gasteiger partial charge >= 0.3 is 5.97 Å². The monoisotopic (exact) mass is 284 g/mol. The van der Waals surface area contributed by atoms with Crippen LogP contribution in [-0.4, -0.2) is 29.1 Å². The fourth-order valence-electron chi connectivity index (χ4n) is 1.88. The molecule has 1 saturated heterocycles. The Morgan fingerprint density at radius 3 is 2.62 bits per heavy atom. The first-order chi connectivity index (χ1) is 7.68. The van der Waals surface area contributed by atoms with Gasteiger partial charge in [-0.25, -0.2) is 9.78 Å². The number of hydrogen-bond donors (Lipinski definition) is 1. The van der Waals surface area contributed by atoms with Gasteiger partial charge in [-0.15, -0.1) is 0 Å². The maximum atomic E-state index is 10.9. The molecule has 0 aromatic carbocycles. The Balaban J connectivity index is 2.27. The van der Waals surface area contributed by atoms with E-state index in [1.165, 1.54) is 6.42 Å². The summed E-state index contributed by atoms with van der Waals surface area (Å²) in [6, 6.07) is 3.61. The van der Waals surface area contributed by atoms with Crippen LogP contribution in [0.2, 0.25) is 0 Å². The Morgan fingerprint density at radius 2 is 2.00 bits per heavy atom. The Hall–Kier alpha value is -1.10. The van der Waals surface area contributed by atoms with Crippen molar-refractivity contribution in [2.24, 2.45) is 0 Å². The van der Waals surface area contributed by atoms with E-state index in [4.69, 9.17) is 5.11 Å². The van der Waals surface area contributed by atoms with Crippen LogP contribution in [0.15, 0.2) is 16.6 Å². The van der Waals surface area contributed by atoms with Gasteiger partial charge in [-0.1, -0.05) is 0 Å². The molecule has 0 saturated carbocycles. The Labute approximate surface area is 102 Å². The van der Waals surface area contributed by atoms with Crippen LogP contribution in [0.5, 0.6) is 0 Å². The van der Waals surface area contributed by atoms with E-state index in [0.29, 0.717) is 4.47 Å². The zero-order chi connectivity index (χ0) is 11.5. The number of aromatic carboxylic acids is 1. The highest BCUT2D eigenvalue weighted by molar-refractivity contribution is 9.10. The molecule has 2 rings (SSSR count). The molecule has 0 radical (unpaired) electrons. The molecule has 2 heterocycles. The van der Waals surface area contributed by atoms with Gasteiger partial charge < -0.3 is 10.0 Å². The third kappa shape index (κ3) is 2.35. The number of rotatable bonds is 2. The van der Waals surface area contributed by atoms with Gasteiger partial charge in [-0.2, -0.15) is 0 Å². The first kappa shape index (κ1) is 11.4. The summed E-state index contributed by atoms with van der Waals surface area (Å²) in [4.78, 5) is 17.3. The third-order valence-electron chi connectivity index (χ3n) is 2.71. The SMILES string of the molecule is O=C(O)c1nc(N2CCCCC2)ccc1Br. The highest BCUT2D eigenvalue weighted by atomic mass is 79.9. The molecule has 1 aliphatic rings. The Kier molecular flexibility index (Phi) is 3.43. The van der Waals surface area contributed by atoms with Gasteiger partial charge in [-0.3, -0.25) is 0 Å². The number of carboxylic acids is 1. The van der Waals surface area contributed by atoms with Crippen LogP contribution in [0.25, 0.3) is 0 Å². The summed E-state index contributed by atoms with van der Waals surface area (Å²) >= 11 is 3.19. The van der Waals surface area contributed by atoms with Crippen LogP contribution in [0, 0.1) is 0 Å². The molecule has 0 aliphatic carbocycles. The summed E-state index contributed by atoms with van der Waals surface area (Å²) in [5, 5.41) is 8.98. The smallest absolute Gasteiger partial charge is 0.355 e. The number of aromatic nitrogens is 1. The van der Waals surface area contributed by atoms with Gasteiger partial charge in [0.2, 0.25) is 0 Å². The van der Waals surface area contributed by atoms with Crippen molar-refractivity contribution in [1.29, 1.82) is 0 Å². The van der Waals surface area contributed by atoms with Crippen molar-refractivity contribution >= 4 is 27.7 Å². The first-order valence-corrected chi connectivity index (χ1v) is 6.12. The summed E-state index contributed by atoms with van der Waals surface area (Å²) in [5.41, 5.74) is 0.0862. The molecule has 86 valence electrons. The van der Waals surface area contributed by atoms with Crippen molar-refractivity contribution in [3.05, 3.63) is 22.3 Å². The van der Waals surface area contributed by atoms with Crippen molar-refractivity contribution in [3.63, 3.8) is 0 Å². The van der Waals surface area contributed by atoms with E-state index in [2.05, 4.69) is 25.8 Å². The minimum atomic E-state index is -0.995. The molecule has 16 heavy (non-hydrogen) atoms. The molecule has 1 aromatic heterocycles. The van der Waals surface area contributed by atoms with E-state index in [9.17, 15) is 4.79 Å². The van der Waals surface area contributed by atoms with Gasteiger partial charge in [0.1, 0.15) is 5.82 Å². The predicted octanol–water partition coefficient (Wildman–Crippen LogP) is 2.53. The maximum absolute atomic E-state index is 10.9. The van der Waals surface area contributed by atoms with E-state index >= 15 is 0 Å². The van der Waals surface area contributed by atoms with Gasteiger partial charge in [0.05, 0.1) is 4.47 Å². The van der Waals surface area contributed by atoms with Crippen LogP contribution in [0.3, 0.4) is 0 Å². The molecule has 5 heteroatoms. The molecular formula is C11H13BrN2O2. The normalized spacial score (nSPS) is 16.2. The van der Waals surface area contributed by atoms with Crippen LogP contribution in [0.4, 0.5) is 5.82 Å². The van der Waals surface area contributed by atoms with E-state index in [-0.39, 0.29) is 5.69 Å². The molecule has 1 aliphatic heterocycles. The van der Waals surface area contributed by atoms with E-state index in [1.54, 1.807) is 6.07 Å². The van der Waals surface area contributed by atoms with Crippen molar-refractivity contribution in [2.75, 3.05) is 18.0 Å². The van der Waals surface area contributed by atoms with Gasteiger partial charge in [0.25, 0.3) is 0 Å². The average molecular weight is 285 g/mol. The fourth-order valence-corrected chi connectivity index (χ4v) is 2.27. The van der Waals surface area contributed by atoms with E-state index < -0.39 is 5.97 Å². The summed E-state index contributed by atoms with van der Waals surface area (Å²) in [6.07, 6.45) is 3.55. The summed E-state index contributed by atoms with van der Waals surface area (Å²) < 4.78 is 0.528. The highest BCUT2D eigenvalue weighted by Crippen LogP contribution is 2.22. The lowest BCUT2D eigenvalue weighted by atomic mass is 10.1. The van der Waals surface area contributed by atoms with E-state index in [1.807, 2.05) is 6.07 Å². The van der Waals surface area contributed by atoms with Crippen LogP contribution >= 0.6 is 15.9 Å². The molecular weight excluding hydrogens is 272 g/mol. The zero-order valence-electron chi connectivity index (χ0n) is 8.82. The van der Waals surface area contributed by atoms with Crippen LogP contribution in [0.1, 0.15) is 29.8 Å². The van der Waals surface area contributed by atoms with E-state index in [0.717, 1.165) is 31.7 Å². The molecule has 1 aromatic rings. The largest absolute Gasteiger partial charge is 0.476 e. The molecule has 0 bridgehead atoms. The molecule has 1 fully saturated rings. The molecule has 0 atom stereocenters. The van der Waals surface area contributed by atoms with Gasteiger partial charge in [0, 0.05) is 13.1 Å². The number of piperidine rings is 1. The summed E-state index contributed by atoms with van der Waals surface area (Å²) in [5.74, 6) is -0.231. The second kappa shape index (κ2) is 4.82. The number of carboxylic acid groups (broad SMARTS) is 1. The predicted molar refractivity (Wildman–Crippen MR) is 65.0 cm³/mol. The quantitative estimate of drug-likeness (QED) is 0.907. The first-order valence-electron chi connectivity index (χ1n) is 5.33. The third-order valence-corrected chi connectivity index (χ3v) is 3.35. The minimum absolute atomic E-state index is 0.0862. The Morgan fingerprint density at radius 1 is 1.31 bits per heavy atom. The average Bonchev–Trinajstić information content (AvgIpc) is 2.30. The second-order valence-corrected chi connectivity index (χ2v) is 4.71. The molecule has 4 nitrogen and oxygen atoms in total. The standard InChI is InChI=1S/C11H13BrN2O2/c12-8-4-5-9(13-10(8)11(15)16)14-6-2-1-3-7-14/h4-5H,1-3,6-7H2,(H,15,16). The lowest BCUT2D eigenvalue weighted by Gasteiger charge is -2.27. The van der Waals surface area contributed by atoms with Crippen molar-refractivity contribution in [1.82, 2.24) is 4.98 Å². The minimum Gasteiger partial charge on any atom is -0.476 e. The molecule has 0 spiro atoms. The fraction of sp³-hybridized carbons (Fsp3) is 0.455. The molecule has 0 unspecified atom stereocenters. The number of hydrogen-bond acceptors (Lipinski definition) is 3. The van der Waals surface area contributed by atoms with Crippen LogP contribution < -0.4 is 4.90 Å². The number of nitrogens with zero attached hydrogens (tertiary/aromatic N) is 2. The maximum Gasteiger partial charge on any atom is 0.355 e. The number of anilines is 1. The molecule has 1 N–H and O–H groups in total. The summed E-state index contributed by atoms with van der Waals surface area (Å²) in [6.45, 7) is 1.93. The number of halogens is 1. The lowest BCUT2D eigenvalue weighted by Crippen LogP contribution is -2.30. The molecule has 0 amide bonds. The number of carbonyl (C=O) groups is 1. The van der Waals surface area contributed by atoms with Crippen molar-refractivity contribution in [2.45, 2.75) is 19.3 Å². The number of pyridine rings is 1. The zero-order valence-corrected chi connectivity index (χ0v) is 10.4. The highest BCUT2D eigenvalue weighted by Gasteiger charge is 2.16. The second-order valence-electron chi connectivity index (χ2n) is 3.85. The van der Waals surface area contributed by atoms with Gasteiger partial charge in [0.15, 0.2) is 5.69 Å². The van der Waals surface area contributed by atoms with Crippen molar-refractivity contribution in [3.8, 4) is 0 Å². The van der Waals surface area contributed by atoms with Crippen molar-refractivity contribution < 1.29 is 9.90 Å². The topological polar surface area (TPSA) is 53.4 Å². The Bertz CT molecular complexity index is 403.